The molecule has 0 fully saturated rings. The number of fused-ring (bicyclic) bond motifs is 1. The van der Waals surface area contributed by atoms with E-state index in [4.69, 9.17) is 5.11 Å². The molecule has 3 heteroatoms. The Morgan fingerprint density at radius 3 is 2.60 bits per heavy atom. The Bertz CT molecular complexity index is 520. The molecule has 0 aliphatic carbocycles. The van der Waals surface area contributed by atoms with Crippen LogP contribution in [0.1, 0.15) is 15.9 Å². The third kappa shape index (κ3) is 1.56. The quantitative estimate of drug-likeness (QED) is 0.816. The second-order valence-corrected chi connectivity index (χ2v) is 3.26. The van der Waals surface area contributed by atoms with Gasteiger partial charge in [0.15, 0.2) is 0 Å². The molecule has 15 heavy (non-hydrogen) atoms. The topological polar surface area (TPSA) is 37.3 Å². The van der Waals surface area contributed by atoms with E-state index in [9.17, 15) is 9.18 Å². The first-order chi connectivity index (χ1) is 7.24. The van der Waals surface area contributed by atoms with E-state index in [2.05, 4.69) is 0 Å². The lowest BCUT2D eigenvalue weighted by atomic mass is 10.00. The van der Waals surface area contributed by atoms with Gasteiger partial charge < -0.3 is 5.11 Å². The number of carboxylic acid groups (broad SMARTS) is 1. The highest BCUT2D eigenvalue weighted by atomic mass is 19.1. The first-order valence-corrected chi connectivity index (χ1v) is 4.54. The summed E-state index contributed by atoms with van der Waals surface area (Å²) in [6.45, 7) is -0.757. The van der Waals surface area contributed by atoms with Crippen molar-refractivity contribution in [1.82, 2.24) is 0 Å². The Kier molecular flexibility index (Phi) is 2.37. The highest BCUT2D eigenvalue weighted by molar-refractivity contribution is 6.04. The first kappa shape index (κ1) is 9.65. The molecule has 0 unspecified atom stereocenters. The van der Waals surface area contributed by atoms with Crippen LogP contribution in [-0.2, 0) is 6.67 Å². The molecule has 1 N–H and O–H groups in total. The molecule has 0 aromatic heterocycles. The number of alkyl halides is 1. The lowest BCUT2D eigenvalue weighted by molar-refractivity contribution is 0.0697. The van der Waals surface area contributed by atoms with Crippen LogP contribution in [0.25, 0.3) is 10.8 Å². The van der Waals surface area contributed by atoms with Crippen LogP contribution in [0.4, 0.5) is 4.39 Å². The van der Waals surface area contributed by atoms with Gasteiger partial charge in [-0.3, -0.25) is 0 Å². The van der Waals surface area contributed by atoms with Gasteiger partial charge in [-0.25, -0.2) is 9.18 Å². The molecule has 2 aromatic rings. The van der Waals surface area contributed by atoms with Crippen molar-refractivity contribution >= 4 is 16.7 Å². The van der Waals surface area contributed by atoms with Crippen LogP contribution in [0.2, 0.25) is 0 Å². The zero-order chi connectivity index (χ0) is 10.8. The van der Waals surface area contributed by atoms with Gasteiger partial charge >= 0.3 is 5.97 Å². The highest BCUT2D eigenvalue weighted by Crippen LogP contribution is 2.23. The Hall–Kier alpha value is -1.90. The van der Waals surface area contributed by atoms with Gasteiger partial charge in [-0.05, 0) is 16.3 Å². The summed E-state index contributed by atoms with van der Waals surface area (Å²) in [5.41, 5.74) is 0.289. The Labute approximate surface area is 86.0 Å². The van der Waals surface area contributed by atoms with Gasteiger partial charge in [-0.1, -0.05) is 36.4 Å². The van der Waals surface area contributed by atoms with Crippen molar-refractivity contribution in [2.24, 2.45) is 0 Å². The normalized spacial score (nSPS) is 10.5. The van der Waals surface area contributed by atoms with Crippen molar-refractivity contribution in [3.05, 3.63) is 47.5 Å². The summed E-state index contributed by atoms with van der Waals surface area (Å²) in [6.07, 6.45) is 0. The van der Waals surface area contributed by atoms with Gasteiger partial charge in [0.05, 0.1) is 5.56 Å². The van der Waals surface area contributed by atoms with E-state index in [1.807, 2.05) is 12.1 Å². The summed E-state index contributed by atoms with van der Waals surface area (Å²) in [4.78, 5) is 11.0. The monoisotopic (exact) mass is 204 g/mol. The lowest BCUT2D eigenvalue weighted by Crippen LogP contribution is -2.02. The predicted molar refractivity (Wildman–Crippen MR) is 55.7 cm³/mol. The first-order valence-electron chi connectivity index (χ1n) is 4.54. The molecule has 0 saturated carbocycles. The van der Waals surface area contributed by atoms with Crippen molar-refractivity contribution in [1.29, 1.82) is 0 Å². The molecular weight excluding hydrogens is 195 g/mol. The number of aromatic carboxylic acids is 1. The van der Waals surface area contributed by atoms with Crippen LogP contribution in [0, 0.1) is 0 Å². The van der Waals surface area contributed by atoms with Crippen molar-refractivity contribution in [2.45, 2.75) is 6.67 Å². The largest absolute Gasteiger partial charge is 0.478 e. The highest BCUT2D eigenvalue weighted by Gasteiger charge is 2.13. The lowest BCUT2D eigenvalue weighted by Gasteiger charge is -2.06. The number of carboxylic acids is 1. The van der Waals surface area contributed by atoms with E-state index in [0.717, 1.165) is 5.39 Å². The van der Waals surface area contributed by atoms with Crippen LogP contribution in [0.3, 0.4) is 0 Å². The molecule has 2 aromatic carbocycles. The molecule has 76 valence electrons. The molecule has 0 bridgehead atoms. The summed E-state index contributed by atoms with van der Waals surface area (Å²) in [5, 5.41) is 10.4. The van der Waals surface area contributed by atoms with Gasteiger partial charge in [-0.2, -0.15) is 0 Å². The summed E-state index contributed by atoms with van der Waals surface area (Å²) in [6, 6.07) is 10.3. The number of rotatable bonds is 2. The van der Waals surface area contributed by atoms with Gasteiger partial charge in [0.25, 0.3) is 0 Å². The number of hydrogen-bond donors (Lipinski definition) is 1. The van der Waals surface area contributed by atoms with Crippen LogP contribution >= 0.6 is 0 Å². The predicted octanol–water partition coefficient (Wildman–Crippen LogP) is 3.01. The minimum Gasteiger partial charge on any atom is -0.478 e. The fourth-order valence-corrected chi connectivity index (χ4v) is 1.68. The molecular formula is C12H9FO2. The van der Waals surface area contributed by atoms with E-state index in [-0.39, 0.29) is 11.1 Å². The standard InChI is InChI=1S/C12H9FO2/c13-7-9-6-5-8-3-1-2-4-10(8)11(9)12(14)15/h1-6H,7H2,(H,14,15). The summed E-state index contributed by atoms with van der Waals surface area (Å²) in [7, 11) is 0. The van der Waals surface area contributed by atoms with Crippen molar-refractivity contribution in [3.63, 3.8) is 0 Å². The molecule has 0 radical (unpaired) electrons. The van der Waals surface area contributed by atoms with E-state index < -0.39 is 12.6 Å². The number of carbonyl (C=O) groups is 1. The molecule has 0 saturated heterocycles. The molecule has 0 heterocycles. The van der Waals surface area contributed by atoms with Crippen molar-refractivity contribution in [3.8, 4) is 0 Å². The summed E-state index contributed by atoms with van der Waals surface area (Å²) in [5.74, 6) is -1.08. The third-order valence-corrected chi connectivity index (χ3v) is 2.37. The van der Waals surface area contributed by atoms with Gasteiger partial charge in [-0.15, -0.1) is 0 Å². The van der Waals surface area contributed by atoms with Crippen molar-refractivity contribution in [2.75, 3.05) is 0 Å². The van der Waals surface area contributed by atoms with Gasteiger partial charge in [0.1, 0.15) is 6.67 Å². The second kappa shape index (κ2) is 3.69. The maximum absolute atomic E-state index is 12.6. The average molecular weight is 204 g/mol. The molecule has 2 nitrogen and oxygen atoms in total. The zero-order valence-corrected chi connectivity index (χ0v) is 7.90. The van der Waals surface area contributed by atoms with E-state index in [1.54, 1.807) is 18.2 Å². The Morgan fingerprint density at radius 2 is 1.93 bits per heavy atom. The summed E-state index contributed by atoms with van der Waals surface area (Å²) < 4.78 is 12.6. The van der Waals surface area contributed by atoms with Crippen LogP contribution in [0.5, 0.6) is 0 Å². The maximum atomic E-state index is 12.6. The number of hydrogen-bond acceptors (Lipinski definition) is 1. The molecule has 0 atom stereocenters. The number of halogens is 1. The van der Waals surface area contributed by atoms with Crippen LogP contribution in [-0.4, -0.2) is 11.1 Å². The molecule has 0 spiro atoms. The maximum Gasteiger partial charge on any atom is 0.336 e. The van der Waals surface area contributed by atoms with Crippen LogP contribution in [0.15, 0.2) is 36.4 Å². The van der Waals surface area contributed by atoms with E-state index in [1.165, 1.54) is 6.07 Å². The molecule has 0 aliphatic rings. The minimum absolute atomic E-state index is 0.0654. The van der Waals surface area contributed by atoms with E-state index in [0.29, 0.717) is 5.39 Å². The molecule has 0 aliphatic heterocycles. The fraction of sp³-hybridized carbons (Fsp3) is 0.0833. The summed E-state index contributed by atoms with van der Waals surface area (Å²) >= 11 is 0. The van der Waals surface area contributed by atoms with Gasteiger partial charge in [0.2, 0.25) is 0 Å². The fourth-order valence-electron chi connectivity index (χ4n) is 1.68. The van der Waals surface area contributed by atoms with E-state index >= 15 is 0 Å². The Balaban J connectivity index is 2.85. The smallest absolute Gasteiger partial charge is 0.336 e. The molecule has 2 rings (SSSR count). The van der Waals surface area contributed by atoms with Gasteiger partial charge in [0, 0.05) is 0 Å². The SMILES string of the molecule is O=C(O)c1c(CF)ccc2ccccc12. The minimum atomic E-state index is -1.08. The van der Waals surface area contributed by atoms with Crippen LogP contribution < -0.4 is 0 Å². The van der Waals surface area contributed by atoms with Crippen molar-refractivity contribution < 1.29 is 14.3 Å². The average Bonchev–Trinajstić information content (AvgIpc) is 2.27. The second-order valence-electron chi connectivity index (χ2n) is 3.26. The molecule has 0 amide bonds. The Morgan fingerprint density at radius 1 is 1.20 bits per heavy atom. The number of benzene rings is 2. The zero-order valence-electron chi connectivity index (χ0n) is 7.90. The third-order valence-electron chi connectivity index (χ3n) is 2.37.